The van der Waals surface area contributed by atoms with E-state index >= 15 is 0 Å². The molecule has 0 fully saturated rings. The number of aromatic nitrogens is 3. The first-order valence-electron chi connectivity index (χ1n) is 9.57. The molecule has 1 aromatic heterocycles. The Morgan fingerprint density at radius 1 is 1.03 bits per heavy atom. The summed E-state index contributed by atoms with van der Waals surface area (Å²) in [7, 11) is 0. The van der Waals surface area contributed by atoms with Gasteiger partial charge in [0.25, 0.3) is 17.7 Å². The Morgan fingerprint density at radius 2 is 1.65 bits per heavy atom. The van der Waals surface area contributed by atoms with E-state index in [1.165, 1.54) is 12.1 Å². The Bertz CT molecular complexity index is 1290. The van der Waals surface area contributed by atoms with Gasteiger partial charge in [-0.05, 0) is 30.3 Å². The van der Waals surface area contributed by atoms with Crippen LogP contribution in [0.2, 0.25) is 0 Å². The molecule has 2 aromatic carbocycles. The van der Waals surface area contributed by atoms with Crippen LogP contribution in [0.5, 0.6) is 11.8 Å². The maximum atomic E-state index is 13.0. The second-order valence-corrected chi connectivity index (χ2v) is 7.76. The third-order valence-corrected chi connectivity index (χ3v) is 4.65. The number of ether oxygens (including phenoxy) is 1. The number of alkyl halides is 6. The number of nitrogens with zero attached hydrogens (tertiary/aromatic N) is 5. The molecule has 37 heavy (non-hydrogen) atoms. The van der Waals surface area contributed by atoms with Crippen LogP contribution < -0.4 is 15.5 Å². The summed E-state index contributed by atoms with van der Waals surface area (Å²) >= 11 is 3.20. The van der Waals surface area contributed by atoms with E-state index in [-0.39, 0.29) is 11.3 Å². The zero-order chi connectivity index (χ0) is 27.4. The summed E-state index contributed by atoms with van der Waals surface area (Å²) in [5.74, 6) is -1.58. The van der Waals surface area contributed by atoms with Crippen LogP contribution in [0.25, 0.3) is 0 Å². The van der Waals surface area contributed by atoms with Crippen molar-refractivity contribution < 1.29 is 41.1 Å². The molecule has 0 spiro atoms. The van der Waals surface area contributed by atoms with Crippen LogP contribution >= 0.6 is 15.9 Å². The molecule has 0 aliphatic rings. The van der Waals surface area contributed by atoms with Crippen LogP contribution in [0.15, 0.2) is 52.0 Å². The van der Waals surface area contributed by atoms with E-state index in [9.17, 15) is 41.6 Å². The number of hydrogen-bond acceptors (Lipinski definition) is 10. The van der Waals surface area contributed by atoms with Crippen LogP contribution in [0.3, 0.4) is 0 Å². The lowest BCUT2D eigenvalue weighted by atomic mass is 10.2. The van der Waals surface area contributed by atoms with Gasteiger partial charge in [0.2, 0.25) is 5.95 Å². The predicted octanol–water partition coefficient (Wildman–Crippen LogP) is 5.31. The third kappa shape index (κ3) is 7.63. The number of nitro groups is 1. The molecule has 0 radical (unpaired) electrons. The molecule has 0 saturated heterocycles. The summed E-state index contributed by atoms with van der Waals surface area (Å²) in [5.41, 5.74) is 1.91. The maximum Gasteiger partial charge on any atom is 0.434 e. The molecule has 196 valence electrons. The normalized spacial score (nSPS) is 12.1. The van der Waals surface area contributed by atoms with Gasteiger partial charge in [-0.15, -0.1) is 0 Å². The fourth-order valence-corrected chi connectivity index (χ4v) is 2.78. The Balaban J connectivity index is 1.94. The number of anilines is 3. The number of rotatable bonds is 8. The molecule has 1 heterocycles. The standard InChI is InChI=1S/C19H12BrF6N7O4/c20-10-1-3-11(4-2-10)28-15-29-16(31-17(30-15)37-14(18(21,22)23)19(24,25)26)32-27-8-9-7-12(33(35)36)5-6-13(9)34/h1-8,14,34H,(H2,28,29,30,31,32)/b27-8+. The molecular weight excluding hydrogens is 584 g/mol. The van der Waals surface area contributed by atoms with Gasteiger partial charge >= 0.3 is 18.4 Å². The number of phenols is 1. The Kier molecular flexibility index (Phi) is 7.99. The first-order valence-corrected chi connectivity index (χ1v) is 10.4. The molecule has 3 aromatic rings. The van der Waals surface area contributed by atoms with E-state index in [0.717, 1.165) is 24.4 Å². The zero-order valence-corrected chi connectivity index (χ0v) is 19.3. The second-order valence-electron chi connectivity index (χ2n) is 6.85. The van der Waals surface area contributed by atoms with Gasteiger partial charge in [0.1, 0.15) is 5.75 Å². The monoisotopic (exact) mass is 595 g/mol. The van der Waals surface area contributed by atoms with Crippen LogP contribution in [0.1, 0.15) is 5.56 Å². The first kappa shape index (κ1) is 27.4. The predicted molar refractivity (Wildman–Crippen MR) is 120 cm³/mol. The van der Waals surface area contributed by atoms with E-state index in [4.69, 9.17) is 0 Å². The second kappa shape index (κ2) is 10.8. The molecule has 0 amide bonds. The molecule has 0 aliphatic heterocycles. The lowest BCUT2D eigenvalue weighted by Crippen LogP contribution is -2.46. The number of nitro benzene ring substituents is 1. The smallest absolute Gasteiger partial charge is 0.434 e. The molecule has 3 rings (SSSR count). The highest BCUT2D eigenvalue weighted by atomic mass is 79.9. The highest BCUT2D eigenvalue weighted by molar-refractivity contribution is 9.10. The Morgan fingerprint density at radius 3 is 2.24 bits per heavy atom. The van der Waals surface area contributed by atoms with Crippen molar-refractivity contribution >= 4 is 45.4 Å². The number of benzene rings is 2. The van der Waals surface area contributed by atoms with Gasteiger partial charge in [0, 0.05) is 27.9 Å². The molecule has 0 saturated carbocycles. The SMILES string of the molecule is O=[N+]([O-])c1ccc(O)c(/C=N/Nc2nc(Nc3ccc(Br)cc3)nc(OC(C(F)(F)F)C(F)(F)F)n2)c1. The quantitative estimate of drug-likeness (QED) is 0.136. The number of phenolic OH excluding ortho intramolecular Hbond substituents is 1. The van der Waals surface area contributed by atoms with Gasteiger partial charge in [-0.2, -0.15) is 46.4 Å². The third-order valence-electron chi connectivity index (χ3n) is 4.12. The molecule has 0 bridgehead atoms. The van der Waals surface area contributed by atoms with Crippen LogP contribution in [-0.2, 0) is 0 Å². The van der Waals surface area contributed by atoms with Crippen LogP contribution in [0, 0.1) is 10.1 Å². The summed E-state index contributed by atoms with van der Waals surface area (Å²) in [4.78, 5) is 20.8. The van der Waals surface area contributed by atoms with Crippen molar-refractivity contribution in [2.75, 3.05) is 10.7 Å². The average Bonchev–Trinajstić information content (AvgIpc) is 2.78. The number of nitrogens with one attached hydrogen (secondary N) is 2. The number of halogens is 7. The van der Waals surface area contributed by atoms with Gasteiger partial charge in [-0.25, -0.2) is 5.43 Å². The largest absolute Gasteiger partial charge is 0.507 e. The highest BCUT2D eigenvalue weighted by Crippen LogP contribution is 2.36. The average molecular weight is 596 g/mol. The first-order chi connectivity index (χ1) is 17.2. The minimum atomic E-state index is -5.84. The summed E-state index contributed by atoms with van der Waals surface area (Å²) in [6.07, 6.45) is -15.0. The van der Waals surface area contributed by atoms with Gasteiger partial charge in [-0.1, -0.05) is 15.9 Å². The number of hydrogen-bond donors (Lipinski definition) is 3. The van der Waals surface area contributed by atoms with E-state index in [2.05, 4.69) is 51.5 Å². The maximum absolute atomic E-state index is 13.0. The number of non-ortho nitro benzene ring substituents is 1. The summed E-state index contributed by atoms with van der Waals surface area (Å²) in [5, 5.41) is 26.9. The Hall–Kier alpha value is -4.22. The summed E-state index contributed by atoms with van der Waals surface area (Å²) in [6, 6.07) is 7.82. The molecule has 3 N–H and O–H groups in total. The molecule has 0 atom stereocenters. The van der Waals surface area contributed by atoms with Crippen molar-refractivity contribution in [3.8, 4) is 11.8 Å². The van der Waals surface area contributed by atoms with Crippen molar-refractivity contribution in [3.63, 3.8) is 0 Å². The molecule has 0 unspecified atom stereocenters. The van der Waals surface area contributed by atoms with E-state index in [1.807, 2.05) is 0 Å². The molecule has 18 heteroatoms. The van der Waals surface area contributed by atoms with E-state index in [0.29, 0.717) is 10.2 Å². The summed E-state index contributed by atoms with van der Waals surface area (Å²) in [6.45, 7) is 0. The summed E-state index contributed by atoms with van der Waals surface area (Å²) < 4.78 is 82.5. The zero-order valence-electron chi connectivity index (χ0n) is 17.7. The van der Waals surface area contributed by atoms with Crippen molar-refractivity contribution in [3.05, 3.63) is 62.6 Å². The fraction of sp³-hybridized carbons (Fsp3) is 0.158. The molecule has 0 aliphatic carbocycles. The van der Waals surface area contributed by atoms with E-state index in [1.54, 1.807) is 12.1 Å². The minimum absolute atomic E-state index is 0.144. The minimum Gasteiger partial charge on any atom is -0.507 e. The topological polar surface area (TPSA) is 148 Å². The molecular formula is C19H12BrF6N7O4. The van der Waals surface area contributed by atoms with Gasteiger partial charge in [0.15, 0.2) is 0 Å². The van der Waals surface area contributed by atoms with Crippen molar-refractivity contribution in [1.82, 2.24) is 15.0 Å². The van der Waals surface area contributed by atoms with Gasteiger partial charge in [-0.3, -0.25) is 10.1 Å². The lowest BCUT2D eigenvalue weighted by Gasteiger charge is -2.22. The van der Waals surface area contributed by atoms with Gasteiger partial charge in [0.05, 0.1) is 11.1 Å². The van der Waals surface area contributed by atoms with Crippen molar-refractivity contribution in [2.24, 2.45) is 5.10 Å². The van der Waals surface area contributed by atoms with Gasteiger partial charge < -0.3 is 15.2 Å². The number of aromatic hydroxyl groups is 1. The van der Waals surface area contributed by atoms with E-state index < -0.39 is 47.0 Å². The fourth-order valence-electron chi connectivity index (χ4n) is 2.52. The highest BCUT2D eigenvalue weighted by Gasteiger charge is 2.59. The lowest BCUT2D eigenvalue weighted by molar-refractivity contribution is -0.384. The van der Waals surface area contributed by atoms with Crippen LogP contribution in [0.4, 0.5) is 49.6 Å². The van der Waals surface area contributed by atoms with Crippen molar-refractivity contribution in [2.45, 2.75) is 18.5 Å². The van der Waals surface area contributed by atoms with Crippen LogP contribution in [-0.4, -0.2) is 49.7 Å². The Labute approximate surface area is 210 Å². The number of hydrazone groups is 1. The molecule has 11 nitrogen and oxygen atoms in total. The van der Waals surface area contributed by atoms with Crippen molar-refractivity contribution in [1.29, 1.82) is 0 Å².